The van der Waals surface area contributed by atoms with Gasteiger partial charge in [0.05, 0.1) is 19.2 Å². The van der Waals surface area contributed by atoms with Crippen LogP contribution in [-0.4, -0.2) is 59.8 Å². The van der Waals surface area contributed by atoms with Crippen molar-refractivity contribution < 1.29 is 44.6 Å². The van der Waals surface area contributed by atoms with E-state index in [2.05, 4.69) is 67.1 Å². The normalized spacial score (nSPS) is 14.5. The van der Waals surface area contributed by atoms with Crippen LogP contribution in [0.2, 0.25) is 0 Å². The second-order valence-corrected chi connectivity index (χ2v) is 12.0. The summed E-state index contributed by atoms with van der Waals surface area (Å²) in [4.78, 5) is 15.1. The van der Waals surface area contributed by atoms with Gasteiger partial charge in [0.15, 0.2) is 0 Å². The molecule has 3 aromatic heterocycles. The maximum atomic E-state index is 13.3. The Hall–Kier alpha value is -4.73. The monoisotopic (exact) mass is 826 g/mol. The zero-order valence-corrected chi connectivity index (χ0v) is 33.3. The van der Waals surface area contributed by atoms with Crippen molar-refractivity contribution in [1.82, 2.24) is 34.0 Å². The first-order valence-electron chi connectivity index (χ1n) is 17.9. The van der Waals surface area contributed by atoms with E-state index < -0.39 is 0 Å². The fourth-order valence-electron chi connectivity index (χ4n) is 5.80. The minimum Gasteiger partial charge on any atom is -0.425 e. The third-order valence-corrected chi connectivity index (χ3v) is 8.26. The van der Waals surface area contributed by atoms with Crippen molar-refractivity contribution in [3.63, 3.8) is 0 Å². The molecule has 0 unspecified atom stereocenters. The Kier molecular flexibility index (Phi) is 23.5. The van der Waals surface area contributed by atoms with Crippen molar-refractivity contribution in [1.29, 1.82) is 0 Å². The summed E-state index contributed by atoms with van der Waals surface area (Å²) >= 11 is 0. The molecule has 284 valence electrons. The minimum absolute atomic E-state index is 0. The fourth-order valence-corrected chi connectivity index (χ4v) is 5.80. The molecule has 6 rings (SSSR count). The Morgan fingerprint density at radius 3 is 1.91 bits per heavy atom. The van der Waals surface area contributed by atoms with Crippen molar-refractivity contribution in [2.45, 2.75) is 71.1 Å². The maximum Gasteiger partial charge on any atom is 2.00 e. The molecule has 0 saturated carbocycles. The van der Waals surface area contributed by atoms with Gasteiger partial charge in [-0.15, -0.1) is 0 Å². The maximum absolute atomic E-state index is 13.3. The van der Waals surface area contributed by atoms with Crippen LogP contribution >= 0.6 is 0 Å². The number of carbonyl (C=O) groups is 1. The molecule has 1 fully saturated rings. The smallest absolute Gasteiger partial charge is 0.425 e. The Morgan fingerprint density at radius 1 is 0.836 bits per heavy atom. The average molecular weight is 825 g/mol. The molecule has 1 saturated heterocycles. The number of piperidine rings is 1. The molecule has 12 nitrogen and oxygen atoms in total. The summed E-state index contributed by atoms with van der Waals surface area (Å²) in [6.07, 6.45) is 22.1. The van der Waals surface area contributed by atoms with E-state index >= 15 is 0 Å². The van der Waals surface area contributed by atoms with Crippen molar-refractivity contribution in [3.05, 3.63) is 172 Å². The Labute approximate surface area is 339 Å². The van der Waals surface area contributed by atoms with E-state index in [9.17, 15) is 4.79 Å². The van der Waals surface area contributed by atoms with Gasteiger partial charge in [0.2, 0.25) is 0 Å². The summed E-state index contributed by atoms with van der Waals surface area (Å²) < 4.78 is 32.3. The van der Waals surface area contributed by atoms with Gasteiger partial charge in [0.1, 0.15) is 6.10 Å². The van der Waals surface area contributed by atoms with Crippen molar-refractivity contribution in [3.8, 4) is 0 Å². The standard InChI is InChI=1S/C30H38NO3.C9H9BN6.2CO.Mo/c1-3-5-17-26-20-12-22-31(28(26)21-13-23-33-24-25-15-8-6-9-16-25)30(32)34-29(14-4-2)27-18-10-7-11-19-27;1-4-11-14(7-1)10(15-8-2-5-12-15)16-9-3-6-13-16;2*1-2;/h6-12,15-20,22,28-29H,3-5,13-14,21,23-24H2,1-2H3;1-9H;;;/q;-1;;;+2/b26-17+;;;;/t28-,29-;;;;/m0..../s1. The zero-order chi connectivity index (χ0) is 38.8. The molecule has 4 radical (unpaired) electrons. The number of aromatic nitrogens is 6. The van der Waals surface area contributed by atoms with E-state index in [0.717, 1.165) is 44.1 Å². The summed E-state index contributed by atoms with van der Waals surface area (Å²) in [5.41, 5.74) is 3.39. The van der Waals surface area contributed by atoms with Crippen LogP contribution in [0.25, 0.3) is 0 Å². The molecule has 0 bridgehead atoms. The second-order valence-electron chi connectivity index (χ2n) is 12.0. The largest absolute Gasteiger partial charge is 2.00 e. The minimum atomic E-state index is -0.288. The Morgan fingerprint density at radius 2 is 1.40 bits per heavy atom. The number of likely N-dealkylation sites (tertiary alicyclic amines) is 1. The molecular weight excluding hydrogens is 777 g/mol. The van der Waals surface area contributed by atoms with Gasteiger partial charge in [-0.1, -0.05) is 93.4 Å². The first kappa shape index (κ1) is 46.4. The number of rotatable bonds is 15. The van der Waals surface area contributed by atoms with E-state index in [4.69, 9.17) is 18.8 Å². The first-order chi connectivity index (χ1) is 26.7. The molecule has 1 amide bonds. The molecule has 0 spiro atoms. The van der Waals surface area contributed by atoms with Crippen molar-refractivity contribution >= 4 is 13.2 Å². The van der Waals surface area contributed by atoms with Crippen LogP contribution in [0, 0.1) is 32.7 Å². The number of hydrogen-bond donors (Lipinski definition) is 0. The number of hydrogen-bond acceptors (Lipinski definition) is 6. The quantitative estimate of drug-likeness (QED) is 0.0459. The van der Waals surface area contributed by atoms with Crippen LogP contribution in [0.3, 0.4) is 0 Å². The summed E-state index contributed by atoms with van der Waals surface area (Å²) in [5, 5.41) is 12.7. The van der Waals surface area contributed by atoms with Crippen molar-refractivity contribution in [2.24, 2.45) is 0 Å². The molecule has 5 aromatic rings. The predicted octanol–water partition coefficient (Wildman–Crippen LogP) is 7.77. The Balaban J connectivity index is 0.000000413. The number of allylic oxidation sites excluding steroid dienone is 1. The van der Waals surface area contributed by atoms with Gasteiger partial charge in [-0.05, 0) is 92.0 Å². The van der Waals surface area contributed by atoms with Gasteiger partial charge in [0.25, 0.3) is 7.12 Å². The molecule has 0 N–H and O–H groups in total. The van der Waals surface area contributed by atoms with E-state index in [1.54, 1.807) is 37.3 Å². The number of nitrogens with zero attached hydrogens (tertiary/aromatic N) is 7. The number of amides is 1. The summed E-state index contributed by atoms with van der Waals surface area (Å²) in [7, 11) is -0.194. The topological polar surface area (TPSA) is 132 Å². The van der Waals surface area contributed by atoms with Crippen LogP contribution < -0.4 is 0 Å². The van der Waals surface area contributed by atoms with E-state index in [-0.39, 0.29) is 46.4 Å². The molecule has 1 aliphatic heterocycles. The summed E-state index contributed by atoms with van der Waals surface area (Å²) in [6, 6.07) is 25.8. The van der Waals surface area contributed by atoms with Crippen molar-refractivity contribution in [2.75, 3.05) is 6.61 Å². The van der Waals surface area contributed by atoms with Gasteiger partial charge < -0.3 is 23.3 Å². The summed E-state index contributed by atoms with van der Waals surface area (Å²) in [5.74, 6) is 0. The van der Waals surface area contributed by atoms with Gasteiger partial charge in [-0.3, -0.25) is 4.90 Å². The Bertz CT molecular complexity index is 1670. The molecule has 4 heterocycles. The van der Waals surface area contributed by atoms with Gasteiger partial charge >= 0.3 is 49.8 Å². The van der Waals surface area contributed by atoms with Gasteiger partial charge in [0, 0.05) is 25.2 Å². The average Bonchev–Trinajstić information content (AvgIpc) is 4.06. The number of unbranched alkanes of at least 4 members (excludes halogenated alkanes) is 1. The van der Waals surface area contributed by atoms with E-state index in [1.165, 1.54) is 11.1 Å². The molecule has 1 aliphatic rings. The molecule has 0 aliphatic carbocycles. The molecule has 2 aromatic carbocycles. The van der Waals surface area contributed by atoms with Crippen LogP contribution in [0.5, 0.6) is 0 Å². The molecule has 55 heavy (non-hydrogen) atoms. The van der Waals surface area contributed by atoms with Gasteiger partial charge in [-0.25, -0.2) is 20.1 Å². The van der Waals surface area contributed by atoms with Gasteiger partial charge in [-0.2, -0.15) is 0 Å². The van der Waals surface area contributed by atoms with Crippen LogP contribution in [0.4, 0.5) is 4.79 Å². The third kappa shape index (κ3) is 15.1. The predicted molar refractivity (Wildman–Crippen MR) is 204 cm³/mol. The van der Waals surface area contributed by atoms with Crippen LogP contribution in [0.1, 0.15) is 69.6 Å². The number of benzene rings is 2. The van der Waals surface area contributed by atoms with Crippen LogP contribution in [0.15, 0.2) is 128 Å². The second kappa shape index (κ2) is 27.8. The zero-order valence-electron chi connectivity index (χ0n) is 31.2. The first-order valence-corrected chi connectivity index (χ1v) is 17.9. The molecule has 2 atom stereocenters. The third-order valence-electron chi connectivity index (χ3n) is 8.26. The summed E-state index contributed by atoms with van der Waals surface area (Å²) in [6.45, 7) is 16.4. The fraction of sp³-hybridized carbons (Fsp3) is 0.293. The van der Waals surface area contributed by atoms with E-state index in [1.807, 2.05) is 98.3 Å². The number of ether oxygens (including phenoxy) is 2. The molecule has 14 heteroatoms. The number of carbonyl (C=O) groups excluding carboxylic acids is 1. The van der Waals surface area contributed by atoms with Crippen LogP contribution in [-0.2, 0) is 46.5 Å². The molecular formula is C41H47BMoN7O5+. The SMILES string of the molecule is CCC/C=C1\[CH][CH][CH]N(C(=O)O[C@@H](CCC)c2ccccc2)[C@H]1CCCOCc1ccccc1.[C-]#[O+].[C-]#[O+].[Mo+2].c1cnn([B-](n2cccn2)n2cccn2)c1. The van der Waals surface area contributed by atoms with E-state index in [0.29, 0.717) is 13.2 Å².